The van der Waals surface area contributed by atoms with Crippen molar-refractivity contribution in [3.8, 4) is 23.0 Å². The molecule has 3 aromatic heterocycles. The summed E-state index contributed by atoms with van der Waals surface area (Å²) in [4.78, 5) is 18.0. The van der Waals surface area contributed by atoms with E-state index in [1.165, 1.54) is 22.9 Å². The summed E-state index contributed by atoms with van der Waals surface area (Å²) < 4.78 is 16.6. The number of fused-ring (bicyclic) bond motifs is 3. The van der Waals surface area contributed by atoms with Crippen molar-refractivity contribution in [2.45, 2.75) is 0 Å². The molecule has 0 amide bonds. The van der Waals surface area contributed by atoms with Gasteiger partial charge in [-0.2, -0.15) is 10.4 Å². The number of aromatic nitrogens is 5. The molecule has 8 heteroatoms. The van der Waals surface area contributed by atoms with E-state index in [0.717, 1.165) is 0 Å². The van der Waals surface area contributed by atoms with Crippen LogP contribution in [0.5, 0.6) is 0 Å². The van der Waals surface area contributed by atoms with Crippen LogP contribution in [0.15, 0.2) is 59.5 Å². The summed E-state index contributed by atoms with van der Waals surface area (Å²) in [6, 6.07) is 14.8. The number of hydrogen-bond donors (Lipinski definition) is 1. The maximum absolute atomic E-state index is 13.7. The molecule has 5 rings (SSSR count). The number of H-pyrrole nitrogens is 1. The van der Waals surface area contributed by atoms with E-state index >= 15 is 0 Å². The Labute approximate surface area is 163 Å². The highest BCUT2D eigenvalue weighted by molar-refractivity contribution is 6.07. The lowest BCUT2D eigenvalue weighted by molar-refractivity contribution is 0.625. The second kappa shape index (κ2) is 6.14. The van der Waals surface area contributed by atoms with Crippen molar-refractivity contribution in [2.24, 2.45) is 7.05 Å². The molecule has 5 aromatic rings. The van der Waals surface area contributed by atoms with Gasteiger partial charge in [0.2, 0.25) is 0 Å². The van der Waals surface area contributed by atoms with Crippen LogP contribution in [0.1, 0.15) is 5.56 Å². The third-order valence-corrected chi connectivity index (χ3v) is 4.85. The number of benzene rings is 2. The zero-order valence-corrected chi connectivity index (χ0v) is 15.2. The van der Waals surface area contributed by atoms with Gasteiger partial charge in [0.05, 0.1) is 45.5 Å². The summed E-state index contributed by atoms with van der Waals surface area (Å²) in [7, 11) is 1.76. The average molecular weight is 384 g/mol. The number of aromatic amines is 1. The van der Waals surface area contributed by atoms with Gasteiger partial charge < -0.3 is 0 Å². The first-order valence-electron chi connectivity index (χ1n) is 8.80. The van der Waals surface area contributed by atoms with Gasteiger partial charge in [-0.25, -0.2) is 14.1 Å². The largest absolute Gasteiger partial charge is 0.289 e. The highest BCUT2D eigenvalue weighted by atomic mass is 19.1. The number of rotatable bonds is 2. The molecule has 0 aliphatic rings. The second-order valence-corrected chi connectivity index (χ2v) is 6.64. The second-order valence-electron chi connectivity index (χ2n) is 6.64. The predicted molar refractivity (Wildman–Crippen MR) is 106 cm³/mol. The number of aryl methyl sites for hydroxylation is 1. The van der Waals surface area contributed by atoms with Crippen LogP contribution in [-0.2, 0) is 7.05 Å². The Balaban J connectivity index is 1.92. The fourth-order valence-corrected chi connectivity index (χ4v) is 3.50. The number of nitrogens with zero attached hydrogens (tertiary/aromatic N) is 5. The van der Waals surface area contributed by atoms with Gasteiger partial charge in [-0.1, -0.05) is 18.2 Å². The zero-order chi connectivity index (χ0) is 20.1. The molecule has 0 radical (unpaired) electrons. The van der Waals surface area contributed by atoms with E-state index in [9.17, 15) is 14.4 Å². The SMILES string of the molecule is Cn1ncc2c3[nH]n(-c4cccc(F)c4)c(=O)c3c(-c3cccc(C#N)c3)nc21. The summed E-state index contributed by atoms with van der Waals surface area (Å²) in [5, 5.41) is 17.6. The molecule has 0 aliphatic heterocycles. The fourth-order valence-electron chi connectivity index (χ4n) is 3.50. The molecule has 0 aliphatic carbocycles. The molecule has 7 nitrogen and oxygen atoms in total. The number of halogens is 1. The molecule has 0 saturated carbocycles. The number of nitrogens with one attached hydrogen (secondary N) is 1. The topological polar surface area (TPSA) is 92.3 Å². The fraction of sp³-hybridized carbons (Fsp3) is 0.0476. The molecular formula is C21H13FN6O. The molecule has 29 heavy (non-hydrogen) atoms. The van der Waals surface area contributed by atoms with E-state index in [1.54, 1.807) is 48.3 Å². The highest BCUT2D eigenvalue weighted by Crippen LogP contribution is 2.30. The van der Waals surface area contributed by atoms with E-state index in [-0.39, 0.29) is 5.56 Å². The summed E-state index contributed by atoms with van der Waals surface area (Å²) in [6.07, 6.45) is 1.63. The van der Waals surface area contributed by atoms with Crippen molar-refractivity contribution >= 4 is 21.9 Å². The van der Waals surface area contributed by atoms with Crippen LogP contribution < -0.4 is 5.56 Å². The van der Waals surface area contributed by atoms with Crippen LogP contribution in [0, 0.1) is 17.1 Å². The normalized spacial score (nSPS) is 11.2. The van der Waals surface area contributed by atoms with Crippen molar-refractivity contribution in [3.63, 3.8) is 0 Å². The number of hydrogen-bond acceptors (Lipinski definition) is 4. The molecule has 0 bridgehead atoms. The minimum absolute atomic E-state index is 0.352. The monoisotopic (exact) mass is 384 g/mol. The zero-order valence-electron chi connectivity index (χ0n) is 15.2. The van der Waals surface area contributed by atoms with E-state index in [1.807, 2.05) is 0 Å². The smallest absolute Gasteiger partial charge is 0.281 e. The molecule has 0 spiro atoms. The third kappa shape index (κ3) is 2.52. The minimum atomic E-state index is -0.445. The minimum Gasteiger partial charge on any atom is -0.289 e. The van der Waals surface area contributed by atoms with Gasteiger partial charge in [0, 0.05) is 12.6 Å². The maximum atomic E-state index is 13.7. The van der Waals surface area contributed by atoms with Crippen LogP contribution in [-0.4, -0.2) is 24.5 Å². The lowest BCUT2D eigenvalue weighted by Crippen LogP contribution is -2.15. The first kappa shape index (κ1) is 16.9. The van der Waals surface area contributed by atoms with Crippen molar-refractivity contribution in [2.75, 3.05) is 0 Å². The Bertz CT molecular complexity index is 1520. The van der Waals surface area contributed by atoms with Crippen LogP contribution in [0.3, 0.4) is 0 Å². The Morgan fingerprint density at radius 3 is 2.79 bits per heavy atom. The van der Waals surface area contributed by atoms with Gasteiger partial charge in [0.25, 0.3) is 5.56 Å². The molecule has 0 unspecified atom stereocenters. The highest BCUT2D eigenvalue weighted by Gasteiger charge is 2.20. The molecular weight excluding hydrogens is 371 g/mol. The van der Waals surface area contributed by atoms with Crippen LogP contribution >= 0.6 is 0 Å². The predicted octanol–water partition coefficient (Wildman–Crippen LogP) is 3.28. The van der Waals surface area contributed by atoms with Gasteiger partial charge in [-0.3, -0.25) is 14.6 Å². The first-order chi connectivity index (χ1) is 14.1. The van der Waals surface area contributed by atoms with Gasteiger partial charge >= 0.3 is 0 Å². The van der Waals surface area contributed by atoms with E-state index in [0.29, 0.717) is 44.4 Å². The summed E-state index contributed by atoms with van der Waals surface area (Å²) in [6.45, 7) is 0. The Kier molecular flexibility index (Phi) is 3.57. The first-order valence-corrected chi connectivity index (χ1v) is 8.80. The number of pyridine rings is 1. The quantitative estimate of drug-likeness (QED) is 0.506. The van der Waals surface area contributed by atoms with Crippen LogP contribution in [0.25, 0.3) is 38.9 Å². The van der Waals surface area contributed by atoms with Gasteiger partial charge in [-0.15, -0.1) is 0 Å². The molecule has 1 N–H and O–H groups in total. The van der Waals surface area contributed by atoms with Crippen molar-refractivity contribution in [1.29, 1.82) is 5.26 Å². The van der Waals surface area contributed by atoms with Crippen molar-refractivity contribution in [3.05, 3.63) is 76.5 Å². The molecule has 140 valence electrons. The molecule has 0 atom stereocenters. The standard InChI is InChI=1S/C21H13FN6O/c1-27-20-16(11-24-27)19-17(18(25-20)13-5-2-4-12(8-13)10-23)21(29)28(26-19)15-7-3-6-14(22)9-15/h2-9,11,26H,1H3. The van der Waals surface area contributed by atoms with Crippen molar-refractivity contribution < 1.29 is 4.39 Å². The maximum Gasteiger partial charge on any atom is 0.281 e. The van der Waals surface area contributed by atoms with Gasteiger partial charge in [-0.05, 0) is 30.3 Å². The summed E-state index contributed by atoms with van der Waals surface area (Å²) in [5.41, 5.74) is 2.69. The lowest BCUT2D eigenvalue weighted by atomic mass is 10.0. The molecule has 0 saturated heterocycles. The lowest BCUT2D eigenvalue weighted by Gasteiger charge is -2.04. The van der Waals surface area contributed by atoms with Crippen LogP contribution in [0.2, 0.25) is 0 Å². The Hall–Kier alpha value is -4.25. The average Bonchev–Trinajstić information content (AvgIpc) is 3.28. The summed E-state index contributed by atoms with van der Waals surface area (Å²) >= 11 is 0. The third-order valence-electron chi connectivity index (χ3n) is 4.85. The molecule has 0 fully saturated rings. The molecule has 2 aromatic carbocycles. The number of nitriles is 1. The van der Waals surface area contributed by atoms with Crippen LogP contribution in [0.4, 0.5) is 4.39 Å². The summed E-state index contributed by atoms with van der Waals surface area (Å²) in [5.74, 6) is -0.445. The van der Waals surface area contributed by atoms with E-state index < -0.39 is 5.82 Å². The van der Waals surface area contributed by atoms with Crippen molar-refractivity contribution in [1.82, 2.24) is 24.5 Å². The molecule has 3 heterocycles. The van der Waals surface area contributed by atoms with Gasteiger partial charge in [0.1, 0.15) is 5.82 Å². The van der Waals surface area contributed by atoms with E-state index in [2.05, 4.69) is 21.3 Å². The van der Waals surface area contributed by atoms with Gasteiger partial charge in [0.15, 0.2) is 5.65 Å². The Morgan fingerprint density at radius 2 is 2.00 bits per heavy atom. The Morgan fingerprint density at radius 1 is 1.17 bits per heavy atom. The van der Waals surface area contributed by atoms with E-state index in [4.69, 9.17) is 0 Å².